The molecule has 3 nitrogen and oxygen atoms in total. The summed E-state index contributed by atoms with van der Waals surface area (Å²) in [4.78, 5) is 8.83. The number of hydrogen-bond acceptors (Lipinski definition) is 3. The minimum Gasteiger partial charge on any atom is -0.338 e. The summed E-state index contributed by atoms with van der Waals surface area (Å²) in [5.41, 5.74) is 3.74. The monoisotopic (exact) mass is 269 g/mol. The zero-order valence-electron chi connectivity index (χ0n) is 10.4. The second-order valence-corrected chi connectivity index (χ2v) is 4.70. The summed E-state index contributed by atoms with van der Waals surface area (Å²) < 4.78 is 0. The fraction of sp³-hybridized carbons (Fsp3) is 0.0667. The van der Waals surface area contributed by atoms with Gasteiger partial charge in [0.15, 0.2) is 11.0 Å². The van der Waals surface area contributed by atoms with Gasteiger partial charge in [-0.1, -0.05) is 35.9 Å². The number of fused-ring (bicyclic) bond motifs is 1. The molecule has 2 aromatic carbocycles. The van der Waals surface area contributed by atoms with Gasteiger partial charge >= 0.3 is 0 Å². The summed E-state index contributed by atoms with van der Waals surface area (Å²) >= 11 is 6.16. The van der Waals surface area contributed by atoms with Crippen molar-refractivity contribution in [1.29, 1.82) is 0 Å². The van der Waals surface area contributed by atoms with Gasteiger partial charge in [-0.05, 0) is 36.8 Å². The molecule has 1 aromatic heterocycles. The van der Waals surface area contributed by atoms with Gasteiger partial charge in [-0.3, -0.25) is 0 Å². The summed E-state index contributed by atoms with van der Waals surface area (Å²) in [6, 6.07) is 15.7. The van der Waals surface area contributed by atoms with Crippen LogP contribution in [0.5, 0.6) is 0 Å². The van der Waals surface area contributed by atoms with Gasteiger partial charge < -0.3 is 5.32 Å². The van der Waals surface area contributed by atoms with Crippen LogP contribution in [0.15, 0.2) is 48.5 Å². The molecule has 0 aliphatic rings. The number of hydrogen-bond donors (Lipinski definition) is 1. The Labute approximate surface area is 116 Å². The molecule has 0 aliphatic heterocycles. The average molecular weight is 270 g/mol. The second kappa shape index (κ2) is 4.86. The number of para-hydroxylation sites is 2. The number of rotatable bonds is 2. The summed E-state index contributed by atoms with van der Waals surface area (Å²) in [5, 5.41) is 3.57. The van der Waals surface area contributed by atoms with Crippen molar-refractivity contribution in [2.75, 3.05) is 5.32 Å². The van der Waals surface area contributed by atoms with Crippen molar-refractivity contribution in [3.05, 3.63) is 59.2 Å². The number of halogens is 1. The van der Waals surface area contributed by atoms with E-state index in [1.54, 1.807) is 0 Å². The third kappa shape index (κ3) is 2.51. The van der Waals surface area contributed by atoms with E-state index in [4.69, 9.17) is 11.6 Å². The molecule has 19 heavy (non-hydrogen) atoms. The van der Waals surface area contributed by atoms with Crippen LogP contribution in [0.4, 0.5) is 11.5 Å². The van der Waals surface area contributed by atoms with Crippen LogP contribution in [0, 0.1) is 6.92 Å². The van der Waals surface area contributed by atoms with Crippen LogP contribution in [0.2, 0.25) is 5.15 Å². The van der Waals surface area contributed by atoms with E-state index >= 15 is 0 Å². The third-order valence-corrected chi connectivity index (χ3v) is 3.07. The molecule has 94 valence electrons. The van der Waals surface area contributed by atoms with E-state index in [0.717, 1.165) is 16.7 Å². The highest BCUT2D eigenvalue weighted by molar-refractivity contribution is 6.32. The molecule has 0 aliphatic carbocycles. The predicted molar refractivity (Wildman–Crippen MR) is 79.0 cm³/mol. The van der Waals surface area contributed by atoms with E-state index in [0.29, 0.717) is 11.0 Å². The van der Waals surface area contributed by atoms with Crippen molar-refractivity contribution in [3.63, 3.8) is 0 Å². The van der Waals surface area contributed by atoms with E-state index in [1.165, 1.54) is 5.56 Å². The molecule has 0 spiro atoms. The lowest BCUT2D eigenvalue weighted by Gasteiger charge is -2.08. The minimum absolute atomic E-state index is 0.375. The maximum atomic E-state index is 6.16. The summed E-state index contributed by atoms with van der Waals surface area (Å²) in [6.45, 7) is 2.04. The Hall–Kier alpha value is -2.13. The van der Waals surface area contributed by atoms with Crippen molar-refractivity contribution < 1.29 is 0 Å². The summed E-state index contributed by atoms with van der Waals surface area (Å²) in [6.07, 6.45) is 0. The summed E-state index contributed by atoms with van der Waals surface area (Å²) in [7, 11) is 0. The molecular formula is C15H12ClN3. The highest BCUT2D eigenvalue weighted by Crippen LogP contribution is 2.24. The molecule has 0 radical (unpaired) electrons. The maximum absolute atomic E-state index is 6.16. The zero-order chi connectivity index (χ0) is 13.2. The highest BCUT2D eigenvalue weighted by Gasteiger charge is 2.06. The molecule has 3 aromatic rings. The first-order valence-corrected chi connectivity index (χ1v) is 6.36. The van der Waals surface area contributed by atoms with E-state index < -0.39 is 0 Å². The van der Waals surface area contributed by atoms with Gasteiger partial charge in [-0.25, -0.2) is 9.97 Å². The predicted octanol–water partition coefficient (Wildman–Crippen LogP) is 4.34. The van der Waals surface area contributed by atoms with Crippen LogP contribution in [0.1, 0.15) is 5.56 Å². The largest absolute Gasteiger partial charge is 0.338 e. The quantitative estimate of drug-likeness (QED) is 0.752. The molecule has 0 bridgehead atoms. The van der Waals surface area contributed by atoms with E-state index in [9.17, 15) is 0 Å². The number of anilines is 2. The van der Waals surface area contributed by atoms with Gasteiger partial charge in [0, 0.05) is 5.69 Å². The highest BCUT2D eigenvalue weighted by atomic mass is 35.5. The van der Waals surface area contributed by atoms with Crippen molar-refractivity contribution >= 4 is 34.1 Å². The first kappa shape index (κ1) is 11.9. The van der Waals surface area contributed by atoms with E-state index in [1.807, 2.05) is 55.5 Å². The molecule has 4 heteroatoms. The Bertz CT molecular complexity index is 740. The number of benzene rings is 2. The molecule has 0 fully saturated rings. The molecule has 0 saturated carbocycles. The molecule has 1 N–H and O–H groups in total. The van der Waals surface area contributed by atoms with Gasteiger partial charge in [-0.2, -0.15) is 0 Å². The standard InChI is InChI=1S/C15H12ClN3/c1-10-5-4-6-11(9-10)17-15-14(16)18-12-7-2-3-8-13(12)19-15/h2-9H,1H3,(H,17,19). The van der Waals surface area contributed by atoms with Crippen molar-refractivity contribution in [3.8, 4) is 0 Å². The molecule has 3 rings (SSSR count). The van der Waals surface area contributed by atoms with Crippen LogP contribution in [0.3, 0.4) is 0 Å². The minimum atomic E-state index is 0.375. The van der Waals surface area contributed by atoms with Gasteiger partial charge in [0.25, 0.3) is 0 Å². The molecule has 0 amide bonds. The number of nitrogens with zero attached hydrogens (tertiary/aromatic N) is 2. The van der Waals surface area contributed by atoms with Crippen LogP contribution in [-0.4, -0.2) is 9.97 Å². The van der Waals surface area contributed by atoms with Crippen molar-refractivity contribution in [2.24, 2.45) is 0 Å². The number of aryl methyl sites for hydroxylation is 1. The Morgan fingerprint density at radius 3 is 2.42 bits per heavy atom. The normalized spacial score (nSPS) is 10.6. The second-order valence-electron chi connectivity index (χ2n) is 4.35. The lowest BCUT2D eigenvalue weighted by Crippen LogP contribution is -1.97. The van der Waals surface area contributed by atoms with Crippen molar-refractivity contribution in [2.45, 2.75) is 6.92 Å². The van der Waals surface area contributed by atoms with E-state index in [2.05, 4.69) is 15.3 Å². The van der Waals surface area contributed by atoms with Gasteiger partial charge in [0.1, 0.15) is 0 Å². The third-order valence-electron chi connectivity index (χ3n) is 2.81. The molecule has 1 heterocycles. The average Bonchev–Trinajstić information content (AvgIpc) is 2.40. The Morgan fingerprint density at radius 2 is 1.68 bits per heavy atom. The van der Waals surface area contributed by atoms with Crippen LogP contribution >= 0.6 is 11.6 Å². The van der Waals surface area contributed by atoms with Crippen LogP contribution < -0.4 is 5.32 Å². The van der Waals surface area contributed by atoms with Gasteiger partial charge in [0.2, 0.25) is 0 Å². The molecule has 0 saturated heterocycles. The van der Waals surface area contributed by atoms with Gasteiger partial charge in [0.05, 0.1) is 11.0 Å². The lowest BCUT2D eigenvalue weighted by atomic mass is 10.2. The Balaban J connectivity index is 2.03. The molecule has 0 atom stereocenters. The van der Waals surface area contributed by atoms with Gasteiger partial charge in [-0.15, -0.1) is 0 Å². The topological polar surface area (TPSA) is 37.8 Å². The molecule has 0 unspecified atom stereocenters. The number of aromatic nitrogens is 2. The lowest BCUT2D eigenvalue weighted by molar-refractivity contribution is 1.28. The number of nitrogens with one attached hydrogen (secondary N) is 1. The Morgan fingerprint density at radius 1 is 0.947 bits per heavy atom. The first-order valence-electron chi connectivity index (χ1n) is 5.98. The molecular weight excluding hydrogens is 258 g/mol. The maximum Gasteiger partial charge on any atom is 0.172 e. The zero-order valence-corrected chi connectivity index (χ0v) is 11.1. The SMILES string of the molecule is Cc1cccc(Nc2nc3ccccc3nc2Cl)c1. The smallest absolute Gasteiger partial charge is 0.172 e. The summed E-state index contributed by atoms with van der Waals surface area (Å²) in [5.74, 6) is 0.575. The van der Waals surface area contributed by atoms with Crippen LogP contribution in [0.25, 0.3) is 11.0 Å². The fourth-order valence-electron chi connectivity index (χ4n) is 1.92. The first-order chi connectivity index (χ1) is 9.22. The Kier molecular flexibility index (Phi) is 3.05. The van der Waals surface area contributed by atoms with Crippen LogP contribution in [-0.2, 0) is 0 Å². The van der Waals surface area contributed by atoms with E-state index in [-0.39, 0.29) is 0 Å². The van der Waals surface area contributed by atoms with Crippen molar-refractivity contribution in [1.82, 2.24) is 9.97 Å². The fourth-order valence-corrected chi connectivity index (χ4v) is 2.10.